The SMILES string of the molecule is CCC1CCCC(C(NN)c2cccc(Br)c2F)C1. The number of hydrazine groups is 1. The number of nitrogens with two attached hydrogens (primary N) is 1. The van der Waals surface area contributed by atoms with Crippen LogP contribution in [0, 0.1) is 17.7 Å². The monoisotopic (exact) mass is 328 g/mol. The summed E-state index contributed by atoms with van der Waals surface area (Å²) in [5, 5.41) is 0. The van der Waals surface area contributed by atoms with Gasteiger partial charge in [-0.15, -0.1) is 0 Å². The summed E-state index contributed by atoms with van der Waals surface area (Å²) in [5.74, 6) is 6.70. The van der Waals surface area contributed by atoms with E-state index in [1.807, 2.05) is 12.1 Å². The first kappa shape index (κ1) is 14.9. The molecule has 2 rings (SSSR count). The van der Waals surface area contributed by atoms with Crippen molar-refractivity contribution in [2.45, 2.75) is 45.1 Å². The van der Waals surface area contributed by atoms with E-state index in [-0.39, 0.29) is 11.9 Å². The third-order valence-corrected chi connectivity index (χ3v) is 4.98. The van der Waals surface area contributed by atoms with Gasteiger partial charge in [0.2, 0.25) is 0 Å². The van der Waals surface area contributed by atoms with E-state index in [9.17, 15) is 4.39 Å². The van der Waals surface area contributed by atoms with Crippen molar-refractivity contribution in [3.05, 3.63) is 34.1 Å². The van der Waals surface area contributed by atoms with E-state index >= 15 is 0 Å². The Labute approximate surface area is 123 Å². The minimum Gasteiger partial charge on any atom is -0.271 e. The van der Waals surface area contributed by atoms with Gasteiger partial charge in [0.15, 0.2) is 0 Å². The van der Waals surface area contributed by atoms with E-state index in [0.717, 1.165) is 18.8 Å². The van der Waals surface area contributed by atoms with Crippen molar-refractivity contribution in [1.82, 2.24) is 5.43 Å². The molecule has 1 aliphatic rings. The van der Waals surface area contributed by atoms with Gasteiger partial charge in [0, 0.05) is 5.56 Å². The van der Waals surface area contributed by atoms with E-state index in [4.69, 9.17) is 5.84 Å². The lowest BCUT2D eigenvalue weighted by Crippen LogP contribution is -2.36. The molecule has 0 aromatic heterocycles. The topological polar surface area (TPSA) is 38.0 Å². The van der Waals surface area contributed by atoms with Gasteiger partial charge in [-0.1, -0.05) is 38.3 Å². The maximum Gasteiger partial charge on any atom is 0.142 e. The number of hydrogen-bond acceptors (Lipinski definition) is 2. The second-order valence-electron chi connectivity index (χ2n) is 5.49. The Balaban J connectivity index is 2.21. The second-order valence-corrected chi connectivity index (χ2v) is 6.34. The Hall–Kier alpha value is -0.450. The fraction of sp³-hybridized carbons (Fsp3) is 0.600. The lowest BCUT2D eigenvalue weighted by molar-refractivity contribution is 0.207. The highest BCUT2D eigenvalue weighted by Crippen LogP contribution is 2.39. The van der Waals surface area contributed by atoms with E-state index in [1.165, 1.54) is 19.3 Å². The summed E-state index contributed by atoms with van der Waals surface area (Å²) in [4.78, 5) is 0. The zero-order valence-corrected chi connectivity index (χ0v) is 12.9. The fourth-order valence-corrected chi connectivity index (χ4v) is 3.63. The minimum atomic E-state index is -0.191. The van der Waals surface area contributed by atoms with Crippen molar-refractivity contribution in [3.8, 4) is 0 Å². The van der Waals surface area contributed by atoms with Gasteiger partial charge >= 0.3 is 0 Å². The number of nitrogens with one attached hydrogen (secondary N) is 1. The molecule has 3 atom stereocenters. The smallest absolute Gasteiger partial charge is 0.142 e. The van der Waals surface area contributed by atoms with Crippen LogP contribution in [0.5, 0.6) is 0 Å². The molecule has 19 heavy (non-hydrogen) atoms. The molecule has 1 fully saturated rings. The molecule has 0 amide bonds. The summed E-state index contributed by atoms with van der Waals surface area (Å²) in [6, 6.07) is 5.33. The molecule has 1 saturated carbocycles. The average Bonchev–Trinajstić information content (AvgIpc) is 2.44. The average molecular weight is 329 g/mol. The molecule has 0 radical (unpaired) electrons. The quantitative estimate of drug-likeness (QED) is 0.638. The standard InChI is InChI=1S/C15H22BrFN2/c1-2-10-5-3-6-11(9-10)15(19-18)12-7-4-8-13(16)14(12)17/h4,7-8,10-11,15,19H,2-3,5-6,9,18H2,1H3. The van der Waals surface area contributed by atoms with Crippen molar-refractivity contribution >= 4 is 15.9 Å². The molecule has 0 heterocycles. The van der Waals surface area contributed by atoms with Gasteiger partial charge < -0.3 is 0 Å². The summed E-state index contributed by atoms with van der Waals surface area (Å²) < 4.78 is 14.7. The molecule has 0 spiro atoms. The normalized spacial score (nSPS) is 25.3. The van der Waals surface area contributed by atoms with Crippen molar-refractivity contribution in [2.24, 2.45) is 17.7 Å². The molecule has 1 aliphatic carbocycles. The fourth-order valence-electron chi connectivity index (χ4n) is 3.25. The number of benzene rings is 1. The van der Waals surface area contributed by atoms with E-state index in [2.05, 4.69) is 28.3 Å². The highest BCUT2D eigenvalue weighted by atomic mass is 79.9. The van der Waals surface area contributed by atoms with Gasteiger partial charge in [-0.25, -0.2) is 4.39 Å². The second kappa shape index (κ2) is 6.82. The van der Waals surface area contributed by atoms with Crippen LogP contribution in [0.3, 0.4) is 0 Å². The van der Waals surface area contributed by atoms with Crippen LogP contribution in [0.15, 0.2) is 22.7 Å². The van der Waals surface area contributed by atoms with Crippen LogP contribution in [-0.4, -0.2) is 0 Å². The summed E-state index contributed by atoms with van der Waals surface area (Å²) >= 11 is 3.25. The maximum atomic E-state index is 14.2. The Kier molecular flexibility index (Phi) is 5.37. The summed E-state index contributed by atoms with van der Waals surface area (Å²) in [5.41, 5.74) is 3.52. The minimum absolute atomic E-state index is 0.0909. The van der Waals surface area contributed by atoms with Gasteiger partial charge in [0.25, 0.3) is 0 Å². The van der Waals surface area contributed by atoms with Crippen LogP contribution in [0.4, 0.5) is 4.39 Å². The molecule has 3 unspecified atom stereocenters. The lowest BCUT2D eigenvalue weighted by atomic mass is 9.75. The molecule has 0 saturated heterocycles. The zero-order chi connectivity index (χ0) is 13.8. The van der Waals surface area contributed by atoms with Crippen molar-refractivity contribution < 1.29 is 4.39 Å². The van der Waals surface area contributed by atoms with Crippen LogP contribution >= 0.6 is 15.9 Å². The lowest BCUT2D eigenvalue weighted by Gasteiger charge is -2.34. The molecule has 0 aliphatic heterocycles. The molecular formula is C15H22BrFN2. The molecule has 1 aromatic carbocycles. The first-order valence-electron chi connectivity index (χ1n) is 7.07. The molecule has 4 heteroatoms. The molecule has 106 valence electrons. The maximum absolute atomic E-state index is 14.2. The van der Waals surface area contributed by atoms with Gasteiger partial charge in [0.1, 0.15) is 5.82 Å². The van der Waals surface area contributed by atoms with Crippen LogP contribution in [0.25, 0.3) is 0 Å². The van der Waals surface area contributed by atoms with Crippen molar-refractivity contribution in [2.75, 3.05) is 0 Å². The zero-order valence-electron chi connectivity index (χ0n) is 11.3. The van der Waals surface area contributed by atoms with Crippen LogP contribution in [-0.2, 0) is 0 Å². The molecular weight excluding hydrogens is 307 g/mol. The van der Waals surface area contributed by atoms with Crippen LogP contribution < -0.4 is 11.3 Å². The van der Waals surface area contributed by atoms with E-state index in [0.29, 0.717) is 16.0 Å². The first-order chi connectivity index (χ1) is 9.17. The molecule has 2 nitrogen and oxygen atoms in total. The van der Waals surface area contributed by atoms with Gasteiger partial charge in [-0.2, -0.15) is 0 Å². The van der Waals surface area contributed by atoms with E-state index < -0.39 is 0 Å². The highest BCUT2D eigenvalue weighted by Gasteiger charge is 2.30. The predicted molar refractivity (Wildman–Crippen MR) is 79.9 cm³/mol. The van der Waals surface area contributed by atoms with Gasteiger partial charge in [-0.05, 0) is 46.7 Å². The van der Waals surface area contributed by atoms with E-state index in [1.54, 1.807) is 6.07 Å². The van der Waals surface area contributed by atoms with Crippen LogP contribution in [0.1, 0.15) is 50.6 Å². The summed E-state index contributed by atoms with van der Waals surface area (Å²) in [6.07, 6.45) is 5.98. The third-order valence-electron chi connectivity index (χ3n) is 4.37. The highest BCUT2D eigenvalue weighted by molar-refractivity contribution is 9.10. The molecule has 1 aromatic rings. The third kappa shape index (κ3) is 3.36. The Bertz CT molecular complexity index is 425. The molecule has 0 bridgehead atoms. The van der Waals surface area contributed by atoms with Gasteiger partial charge in [0.05, 0.1) is 10.5 Å². The largest absolute Gasteiger partial charge is 0.271 e. The Morgan fingerprint density at radius 1 is 1.47 bits per heavy atom. The predicted octanol–water partition coefficient (Wildman–Crippen LogP) is 4.31. The molecule has 3 N–H and O–H groups in total. The Morgan fingerprint density at radius 3 is 2.95 bits per heavy atom. The van der Waals surface area contributed by atoms with Crippen molar-refractivity contribution in [1.29, 1.82) is 0 Å². The van der Waals surface area contributed by atoms with Crippen LogP contribution in [0.2, 0.25) is 0 Å². The number of rotatable bonds is 4. The van der Waals surface area contributed by atoms with Gasteiger partial charge in [-0.3, -0.25) is 11.3 Å². The van der Waals surface area contributed by atoms with Crippen molar-refractivity contribution in [3.63, 3.8) is 0 Å². The summed E-state index contributed by atoms with van der Waals surface area (Å²) in [6.45, 7) is 2.23. The summed E-state index contributed by atoms with van der Waals surface area (Å²) in [7, 11) is 0. The number of hydrogen-bond donors (Lipinski definition) is 2. The number of halogens is 2. The first-order valence-corrected chi connectivity index (χ1v) is 7.86. The Morgan fingerprint density at radius 2 is 2.26 bits per heavy atom.